The molecule has 2 amide bonds. The topological polar surface area (TPSA) is 58.6 Å². The van der Waals surface area contributed by atoms with E-state index in [0.717, 1.165) is 16.9 Å². The molecule has 0 aliphatic carbocycles. The molecule has 162 valence electrons. The predicted octanol–water partition coefficient (Wildman–Crippen LogP) is 4.73. The van der Waals surface area contributed by atoms with Crippen LogP contribution in [0.5, 0.6) is 5.75 Å². The average molecular weight is 451 g/mol. The molecule has 0 radical (unpaired) electrons. The predicted molar refractivity (Wildman–Crippen MR) is 121 cm³/mol. The second kappa shape index (κ2) is 11.2. The van der Waals surface area contributed by atoms with Crippen LogP contribution < -0.4 is 10.1 Å². The molecule has 0 fully saturated rings. The Balaban J connectivity index is 2.22. The van der Waals surface area contributed by atoms with Crippen LogP contribution in [0.2, 0.25) is 10.0 Å². The number of amides is 2. The van der Waals surface area contributed by atoms with Gasteiger partial charge in [-0.3, -0.25) is 9.59 Å². The first kappa shape index (κ1) is 24.0. The summed E-state index contributed by atoms with van der Waals surface area (Å²) in [7, 11) is 1.59. The lowest BCUT2D eigenvalue weighted by Crippen LogP contribution is -2.48. The normalized spacial score (nSPS) is 11.8. The minimum atomic E-state index is -0.635. The maximum absolute atomic E-state index is 13.2. The molecule has 0 aromatic heterocycles. The molecule has 0 aliphatic rings. The van der Waals surface area contributed by atoms with Crippen LogP contribution in [0.15, 0.2) is 42.5 Å². The van der Waals surface area contributed by atoms with Crippen LogP contribution in [0.25, 0.3) is 0 Å². The molecule has 0 unspecified atom stereocenters. The van der Waals surface area contributed by atoms with E-state index in [9.17, 15) is 9.59 Å². The van der Waals surface area contributed by atoms with Crippen molar-refractivity contribution in [3.63, 3.8) is 0 Å². The summed E-state index contributed by atoms with van der Waals surface area (Å²) in [5.41, 5.74) is 1.64. The van der Waals surface area contributed by atoms with E-state index in [-0.39, 0.29) is 24.8 Å². The second-order valence-corrected chi connectivity index (χ2v) is 8.42. The molecular weight excluding hydrogens is 423 g/mol. The smallest absolute Gasteiger partial charge is 0.242 e. The number of carbonyl (C=O) groups is 2. The van der Waals surface area contributed by atoms with Gasteiger partial charge in [0.2, 0.25) is 11.8 Å². The van der Waals surface area contributed by atoms with Crippen LogP contribution in [-0.4, -0.2) is 36.4 Å². The molecule has 1 N–H and O–H groups in total. The SMILES string of the molecule is COc1ccc(CC(=O)N(Cc2ccc(Cl)c(Cl)c2)[C@H](C)C(=O)NCC(C)C)cc1. The molecule has 0 heterocycles. The standard InChI is InChI=1S/C23H28Cl2N2O3/c1-15(2)13-26-23(29)16(3)27(14-18-7-10-20(24)21(25)11-18)22(28)12-17-5-8-19(30-4)9-6-17/h5-11,15-16H,12-14H2,1-4H3,(H,26,29)/t16-/m1/s1. The van der Waals surface area contributed by atoms with Gasteiger partial charge < -0.3 is 15.0 Å². The molecule has 0 bridgehead atoms. The molecule has 5 nitrogen and oxygen atoms in total. The molecule has 0 saturated heterocycles. The minimum absolute atomic E-state index is 0.154. The molecule has 0 aliphatic heterocycles. The van der Waals surface area contributed by atoms with Crippen LogP contribution in [-0.2, 0) is 22.6 Å². The molecule has 30 heavy (non-hydrogen) atoms. The van der Waals surface area contributed by atoms with Gasteiger partial charge in [-0.1, -0.05) is 55.2 Å². The molecule has 0 spiro atoms. The number of nitrogens with one attached hydrogen (secondary N) is 1. The number of ether oxygens (including phenoxy) is 1. The quantitative estimate of drug-likeness (QED) is 0.600. The van der Waals surface area contributed by atoms with Crippen molar-refractivity contribution in [3.05, 3.63) is 63.6 Å². The molecule has 7 heteroatoms. The van der Waals surface area contributed by atoms with Crippen molar-refractivity contribution in [2.75, 3.05) is 13.7 Å². The Kier molecular flexibility index (Phi) is 9.00. The Hall–Kier alpha value is -2.24. The van der Waals surface area contributed by atoms with Crippen molar-refractivity contribution in [2.45, 2.75) is 39.8 Å². The van der Waals surface area contributed by atoms with Gasteiger partial charge >= 0.3 is 0 Å². The number of hydrogen-bond donors (Lipinski definition) is 1. The van der Waals surface area contributed by atoms with Crippen LogP contribution in [0.4, 0.5) is 0 Å². The Morgan fingerprint density at radius 2 is 1.63 bits per heavy atom. The number of nitrogens with zero attached hydrogens (tertiary/aromatic N) is 1. The van der Waals surface area contributed by atoms with Crippen LogP contribution in [0.1, 0.15) is 31.9 Å². The maximum Gasteiger partial charge on any atom is 0.242 e. The number of hydrogen-bond acceptors (Lipinski definition) is 3. The summed E-state index contributed by atoms with van der Waals surface area (Å²) in [5, 5.41) is 3.76. The molecule has 2 aromatic rings. The summed E-state index contributed by atoms with van der Waals surface area (Å²) in [4.78, 5) is 27.4. The highest BCUT2D eigenvalue weighted by molar-refractivity contribution is 6.42. The number of carbonyl (C=O) groups excluding carboxylic acids is 2. The number of benzene rings is 2. The third-order valence-electron chi connectivity index (χ3n) is 4.70. The van der Waals surface area contributed by atoms with Gasteiger partial charge in [0.15, 0.2) is 0 Å². The summed E-state index contributed by atoms with van der Waals surface area (Å²) in [6, 6.07) is 11.9. The van der Waals surface area contributed by atoms with E-state index in [1.165, 1.54) is 0 Å². The first-order chi connectivity index (χ1) is 14.2. The molecule has 2 aromatic carbocycles. The molecule has 2 rings (SSSR count). The van der Waals surface area contributed by atoms with Crippen molar-refractivity contribution in [1.29, 1.82) is 0 Å². The van der Waals surface area contributed by atoms with Gasteiger partial charge in [-0.15, -0.1) is 0 Å². The summed E-state index contributed by atoms with van der Waals surface area (Å²) in [6.07, 6.45) is 0.174. The van der Waals surface area contributed by atoms with Gasteiger partial charge in [0, 0.05) is 13.1 Å². The molecule has 1 atom stereocenters. The van der Waals surface area contributed by atoms with Gasteiger partial charge in [0.25, 0.3) is 0 Å². The Morgan fingerprint density at radius 1 is 1.00 bits per heavy atom. The lowest BCUT2D eigenvalue weighted by atomic mass is 10.1. The van der Waals surface area contributed by atoms with Crippen molar-refractivity contribution < 1.29 is 14.3 Å². The summed E-state index contributed by atoms with van der Waals surface area (Å²) in [5.74, 6) is 0.699. The lowest BCUT2D eigenvalue weighted by molar-refractivity contribution is -0.140. The van der Waals surface area contributed by atoms with E-state index >= 15 is 0 Å². The fourth-order valence-electron chi connectivity index (χ4n) is 2.89. The summed E-state index contributed by atoms with van der Waals surface area (Å²) < 4.78 is 5.17. The van der Waals surface area contributed by atoms with Gasteiger partial charge in [-0.2, -0.15) is 0 Å². The van der Waals surface area contributed by atoms with E-state index < -0.39 is 6.04 Å². The Labute approximate surface area is 188 Å². The maximum atomic E-state index is 13.2. The highest BCUT2D eigenvalue weighted by Crippen LogP contribution is 2.24. The lowest BCUT2D eigenvalue weighted by Gasteiger charge is -2.29. The molecular formula is C23H28Cl2N2O3. The second-order valence-electron chi connectivity index (χ2n) is 7.61. The van der Waals surface area contributed by atoms with Crippen molar-refractivity contribution >= 4 is 35.0 Å². The number of methoxy groups -OCH3 is 1. The first-order valence-electron chi connectivity index (χ1n) is 9.85. The molecule has 0 saturated carbocycles. The summed E-state index contributed by atoms with van der Waals surface area (Å²) >= 11 is 12.1. The Morgan fingerprint density at radius 3 is 2.20 bits per heavy atom. The van der Waals surface area contributed by atoms with E-state index in [0.29, 0.717) is 22.5 Å². The van der Waals surface area contributed by atoms with E-state index in [1.54, 1.807) is 37.1 Å². The third kappa shape index (κ3) is 6.92. The van der Waals surface area contributed by atoms with E-state index in [2.05, 4.69) is 5.32 Å². The zero-order chi connectivity index (χ0) is 22.3. The van der Waals surface area contributed by atoms with Gasteiger partial charge in [-0.25, -0.2) is 0 Å². The van der Waals surface area contributed by atoms with Crippen molar-refractivity contribution in [3.8, 4) is 5.75 Å². The van der Waals surface area contributed by atoms with Crippen LogP contribution in [0.3, 0.4) is 0 Å². The monoisotopic (exact) mass is 450 g/mol. The highest BCUT2D eigenvalue weighted by Gasteiger charge is 2.26. The van der Waals surface area contributed by atoms with Crippen LogP contribution in [0, 0.1) is 5.92 Å². The van der Waals surface area contributed by atoms with Gasteiger partial charge in [0.05, 0.1) is 23.6 Å². The average Bonchev–Trinajstić information content (AvgIpc) is 2.72. The summed E-state index contributed by atoms with van der Waals surface area (Å²) in [6.45, 7) is 6.58. The largest absolute Gasteiger partial charge is 0.497 e. The fraction of sp³-hybridized carbons (Fsp3) is 0.391. The van der Waals surface area contributed by atoms with Crippen molar-refractivity contribution in [1.82, 2.24) is 10.2 Å². The minimum Gasteiger partial charge on any atom is -0.497 e. The van der Waals surface area contributed by atoms with Crippen molar-refractivity contribution in [2.24, 2.45) is 5.92 Å². The Bertz CT molecular complexity index is 869. The third-order valence-corrected chi connectivity index (χ3v) is 5.44. The van der Waals surface area contributed by atoms with Crippen LogP contribution >= 0.6 is 23.2 Å². The number of halogens is 2. The fourth-order valence-corrected chi connectivity index (χ4v) is 3.21. The zero-order valence-corrected chi connectivity index (χ0v) is 19.3. The van der Waals surface area contributed by atoms with Gasteiger partial charge in [0.1, 0.15) is 11.8 Å². The highest BCUT2D eigenvalue weighted by atomic mass is 35.5. The number of rotatable bonds is 9. The first-order valence-corrected chi connectivity index (χ1v) is 10.6. The van der Waals surface area contributed by atoms with E-state index in [1.807, 2.05) is 38.1 Å². The van der Waals surface area contributed by atoms with E-state index in [4.69, 9.17) is 27.9 Å². The van der Waals surface area contributed by atoms with Gasteiger partial charge in [-0.05, 0) is 48.2 Å². The zero-order valence-electron chi connectivity index (χ0n) is 17.7.